The van der Waals surface area contributed by atoms with Crippen LogP contribution in [-0.4, -0.2) is 19.1 Å². The Balaban J connectivity index is 2.55. The van der Waals surface area contributed by atoms with Gasteiger partial charge in [0.05, 0.1) is 7.11 Å². The third-order valence-electron chi connectivity index (χ3n) is 1.86. The summed E-state index contributed by atoms with van der Waals surface area (Å²) in [7, 11) is 1.38. The molecule has 0 spiro atoms. The summed E-state index contributed by atoms with van der Waals surface area (Å²) in [6.45, 7) is 0. The summed E-state index contributed by atoms with van der Waals surface area (Å²) in [4.78, 5) is 11.0. The highest BCUT2D eigenvalue weighted by molar-refractivity contribution is 5.74. The Bertz CT molecular complexity index is 272. The van der Waals surface area contributed by atoms with Crippen LogP contribution in [0.25, 0.3) is 0 Å². The fourth-order valence-corrected chi connectivity index (χ4v) is 1.15. The average Bonchev–Trinajstić information content (AvgIpc) is 2.18. The lowest BCUT2D eigenvalue weighted by molar-refractivity contribution is -0.407. The van der Waals surface area contributed by atoms with Crippen molar-refractivity contribution in [1.29, 1.82) is 0 Å². The summed E-state index contributed by atoms with van der Waals surface area (Å²) >= 11 is 0. The molecule has 0 fully saturated rings. The summed E-state index contributed by atoms with van der Waals surface area (Å²) in [5.41, 5.74) is 4.83. The molecule has 1 atom stereocenters. The SMILES string of the molecule is COC(=O)[C@@H]([NH3+])Cc1ccccc1. The molecular weight excluding hydrogens is 166 g/mol. The lowest BCUT2D eigenvalue weighted by Crippen LogP contribution is -2.66. The number of hydrogen-bond donors (Lipinski definition) is 1. The number of rotatable bonds is 3. The van der Waals surface area contributed by atoms with E-state index < -0.39 is 0 Å². The summed E-state index contributed by atoms with van der Waals surface area (Å²) < 4.78 is 4.58. The summed E-state index contributed by atoms with van der Waals surface area (Å²) in [5, 5.41) is 0. The number of ether oxygens (including phenoxy) is 1. The molecule has 1 rings (SSSR count). The van der Waals surface area contributed by atoms with Crippen molar-refractivity contribution in [2.45, 2.75) is 12.5 Å². The zero-order valence-electron chi connectivity index (χ0n) is 7.69. The lowest BCUT2D eigenvalue weighted by atomic mass is 10.1. The Labute approximate surface area is 77.5 Å². The van der Waals surface area contributed by atoms with Crippen molar-refractivity contribution in [3.8, 4) is 0 Å². The average molecular weight is 180 g/mol. The lowest BCUT2D eigenvalue weighted by Gasteiger charge is -2.05. The van der Waals surface area contributed by atoms with Crippen molar-refractivity contribution >= 4 is 5.97 Å². The second kappa shape index (κ2) is 4.62. The Kier molecular flexibility index (Phi) is 3.46. The van der Waals surface area contributed by atoms with E-state index in [1.807, 2.05) is 30.3 Å². The normalized spacial score (nSPS) is 12.2. The molecule has 0 aliphatic rings. The standard InChI is InChI=1S/C10H13NO2/c1-13-10(12)9(11)7-8-5-3-2-4-6-8/h2-6,9H,7,11H2,1H3/p+1/t9-/m0/s1. The predicted molar refractivity (Wildman–Crippen MR) is 48.8 cm³/mol. The molecular formula is C10H14NO2+. The smallest absolute Gasteiger partial charge is 0.364 e. The molecule has 3 N–H and O–H groups in total. The Morgan fingerprint density at radius 2 is 2.08 bits per heavy atom. The topological polar surface area (TPSA) is 53.9 Å². The zero-order chi connectivity index (χ0) is 9.68. The van der Waals surface area contributed by atoms with Gasteiger partial charge < -0.3 is 10.5 Å². The number of benzene rings is 1. The van der Waals surface area contributed by atoms with Gasteiger partial charge in [0.15, 0.2) is 6.04 Å². The maximum Gasteiger partial charge on any atom is 0.364 e. The molecule has 1 aromatic rings. The van der Waals surface area contributed by atoms with Crippen LogP contribution in [0.1, 0.15) is 5.56 Å². The Morgan fingerprint density at radius 1 is 1.46 bits per heavy atom. The van der Waals surface area contributed by atoms with Gasteiger partial charge in [-0.1, -0.05) is 30.3 Å². The van der Waals surface area contributed by atoms with Gasteiger partial charge in [-0.15, -0.1) is 0 Å². The number of carbonyl (C=O) groups excluding carboxylic acids is 1. The molecule has 70 valence electrons. The number of carbonyl (C=O) groups is 1. The first-order chi connectivity index (χ1) is 6.24. The van der Waals surface area contributed by atoms with E-state index in [-0.39, 0.29) is 12.0 Å². The monoisotopic (exact) mass is 180 g/mol. The minimum absolute atomic E-state index is 0.260. The first-order valence-corrected chi connectivity index (χ1v) is 4.19. The molecule has 3 heteroatoms. The number of hydrogen-bond acceptors (Lipinski definition) is 2. The first-order valence-electron chi connectivity index (χ1n) is 4.19. The van der Waals surface area contributed by atoms with E-state index in [0.717, 1.165) is 5.56 Å². The minimum atomic E-state index is -0.313. The van der Waals surface area contributed by atoms with Crippen molar-refractivity contribution in [1.82, 2.24) is 0 Å². The van der Waals surface area contributed by atoms with Crippen LogP contribution < -0.4 is 5.73 Å². The van der Waals surface area contributed by atoms with Gasteiger partial charge in [0.2, 0.25) is 0 Å². The molecule has 0 bridgehead atoms. The van der Waals surface area contributed by atoms with Gasteiger partial charge in [-0.2, -0.15) is 0 Å². The van der Waals surface area contributed by atoms with Gasteiger partial charge in [0.25, 0.3) is 0 Å². The summed E-state index contributed by atoms with van der Waals surface area (Å²) in [6.07, 6.45) is 0.632. The summed E-state index contributed by atoms with van der Waals surface area (Å²) in [6, 6.07) is 9.47. The van der Waals surface area contributed by atoms with E-state index in [1.165, 1.54) is 7.11 Å². The Morgan fingerprint density at radius 3 is 2.62 bits per heavy atom. The van der Waals surface area contributed by atoms with Crippen LogP contribution in [0.4, 0.5) is 0 Å². The van der Waals surface area contributed by atoms with Crippen LogP contribution in [0.2, 0.25) is 0 Å². The number of esters is 1. The maximum atomic E-state index is 11.0. The first kappa shape index (κ1) is 9.74. The van der Waals surface area contributed by atoms with E-state index in [4.69, 9.17) is 0 Å². The van der Waals surface area contributed by atoms with E-state index in [1.54, 1.807) is 0 Å². The summed E-state index contributed by atoms with van der Waals surface area (Å²) in [5.74, 6) is -0.260. The predicted octanol–water partition coefficient (Wildman–Crippen LogP) is 0.0126. The van der Waals surface area contributed by atoms with Crippen LogP contribution in [0.15, 0.2) is 30.3 Å². The molecule has 0 saturated carbocycles. The highest BCUT2D eigenvalue weighted by atomic mass is 16.5. The second-order valence-electron chi connectivity index (χ2n) is 2.91. The van der Waals surface area contributed by atoms with Gasteiger partial charge in [0, 0.05) is 6.42 Å². The molecule has 0 amide bonds. The Hall–Kier alpha value is -1.35. The molecule has 0 unspecified atom stereocenters. The highest BCUT2D eigenvalue weighted by Crippen LogP contribution is 2.01. The van der Waals surface area contributed by atoms with Crippen molar-refractivity contribution in [3.05, 3.63) is 35.9 Å². The molecule has 0 heterocycles. The molecule has 13 heavy (non-hydrogen) atoms. The molecule has 0 aliphatic heterocycles. The van der Waals surface area contributed by atoms with Crippen molar-refractivity contribution in [2.24, 2.45) is 0 Å². The van der Waals surface area contributed by atoms with Crippen molar-refractivity contribution < 1.29 is 15.3 Å². The quantitative estimate of drug-likeness (QED) is 0.666. The number of methoxy groups -OCH3 is 1. The third-order valence-corrected chi connectivity index (χ3v) is 1.86. The molecule has 3 nitrogen and oxygen atoms in total. The van der Waals surface area contributed by atoms with Crippen LogP contribution in [0.3, 0.4) is 0 Å². The maximum absolute atomic E-state index is 11.0. The van der Waals surface area contributed by atoms with Gasteiger partial charge in [0.1, 0.15) is 0 Å². The zero-order valence-corrected chi connectivity index (χ0v) is 7.69. The molecule has 0 radical (unpaired) electrons. The van der Waals surface area contributed by atoms with Crippen LogP contribution in [0.5, 0.6) is 0 Å². The highest BCUT2D eigenvalue weighted by Gasteiger charge is 2.17. The minimum Gasteiger partial charge on any atom is -0.465 e. The second-order valence-corrected chi connectivity index (χ2v) is 2.91. The molecule has 0 saturated heterocycles. The number of quaternary nitrogens is 1. The van der Waals surface area contributed by atoms with E-state index in [2.05, 4.69) is 10.5 Å². The van der Waals surface area contributed by atoms with Crippen LogP contribution in [0, 0.1) is 0 Å². The van der Waals surface area contributed by atoms with E-state index in [9.17, 15) is 4.79 Å². The van der Waals surface area contributed by atoms with Crippen molar-refractivity contribution in [3.63, 3.8) is 0 Å². The molecule has 0 aliphatic carbocycles. The van der Waals surface area contributed by atoms with Gasteiger partial charge in [-0.3, -0.25) is 0 Å². The van der Waals surface area contributed by atoms with Crippen LogP contribution >= 0.6 is 0 Å². The molecule has 1 aromatic carbocycles. The van der Waals surface area contributed by atoms with E-state index in [0.29, 0.717) is 6.42 Å². The largest absolute Gasteiger partial charge is 0.465 e. The third kappa shape index (κ3) is 2.87. The molecule has 0 aromatic heterocycles. The fourth-order valence-electron chi connectivity index (χ4n) is 1.15. The van der Waals surface area contributed by atoms with Gasteiger partial charge in [-0.25, -0.2) is 4.79 Å². The fraction of sp³-hybridized carbons (Fsp3) is 0.300. The van der Waals surface area contributed by atoms with Crippen molar-refractivity contribution in [2.75, 3.05) is 7.11 Å². The van der Waals surface area contributed by atoms with E-state index >= 15 is 0 Å². The van der Waals surface area contributed by atoms with Crippen LogP contribution in [-0.2, 0) is 16.0 Å². The van der Waals surface area contributed by atoms with Gasteiger partial charge >= 0.3 is 5.97 Å². The van der Waals surface area contributed by atoms with Gasteiger partial charge in [-0.05, 0) is 5.56 Å².